The van der Waals surface area contributed by atoms with Gasteiger partial charge in [0.2, 0.25) is 5.91 Å². The van der Waals surface area contributed by atoms with E-state index >= 15 is 0 Å². The van der Waals surface area contributed by atoms with Crippen LogP contribution in [0.5, 0.6) is 0 Å². The molecule has 0 aliphatic carbocycles. The maximum absolute atomic E-state index is 12.3. The van der Waals surface area contributed by atoms with Gasteiger partial charge in [0.1, 0.15) is 0 Å². The quantitative estimate of drug-likeness (QED) is 0.0455. The van der Waals surface area contributed by atoms with Gasteiger partial charge in [-0.05, 0) is 64.2 Å². The number of rotatable bonds is 37. The Morgan fingerprint density at radius 2 is 0.875 bits per heavy atom. The molecule has 4 nitrogen and oxygen atoms in total. The average molecular weight is 672 g/mol. The number of carbonyl (C=O) groups excluding carboxylic acids is 1. The summed E-state index contributed by atoms with van der Waals surface area (Å²) >= 11 is 0. The number of hydrogen-bond donors (Lipinski definition) is 3. The average Bonchev–Trinajstić information content (AvgIpc) is 3.09. The van der Waals surface area contributed by atoms with Crippen LogP contribution in [0.3, 0.4) is 0 Å². The fraction of sp³-hybridized carbons (Fsp3) is 0.795. The third-order valence-corrected chi connectivity index (χ3v) is 9.28. The highest BCUT2D eigenvalue weighted by atomic mass is 16.3. The molecule has 2 unspecified atom stereocenters. The van der Waals surface area contributed by atoms with Gasteiger partial charge in [0, 0.05) is 6.42 Å². The summed E-state index contributed by atoms with van der Waals surface area (Å²) in [6.45, 7) is 4.26. The monoisotopic (exact) mass is 672 g/mol. The SMILES string of the molecule is CCCCC/C=C\C/C=C\CCCCCCCC(=O)NC(CO)C(O)/C=C/CC/C=C/CCCCCCCCCCCCCCCCC. The molecular weight excluding hydrogens is 590 g/mol. The summed E-state index contributed by atoms with van der Waals surface area (Å²) in [5, 5.41) is 22.9. The summed E-state index contributed by atoms with van der Waals surface area (Å²) in [4.78, 5) is 12.3. The van der Waals surface area contributed by atoms with E-state index in [0.717, 1.165) is 51.4 Å². The highest BCUT2D eigenvalue weighted by Crippen LogP contribution is 2.14. The summed E-state index contributed by atoms with van der Waals surface area (Å²) in [5.41, 5.74) is 0. The Balaban J connectivity index is 3.65. The first-order valence-electron chi connectivity index (χ1n) is 20.9. The maximum atomic E-state index is 12.3. The molecule has 280 valence electrons. The molecule has 0 bridgehead atoms. The molecule has 4 heteroatoms. The van der Waals surface area contributed by atoms with Crippen molar-refractivity contribution in [3.05, 3.63) is 48.6 Å². The lowest BCUT2D eigenvalue weighted by molar-refractivity contribution is -0.123. The number of hydrogen-bond acceptors (Lipinski definition) is 3. The van der Waals surface area contributed by atoms with Gasteiger partial charge in [0.05, 0.1) is 18.8 Å². The Kier molecular flexibility index (Phi) is 38.4. The van der Waals surface area contributed by atoms with E-state index in [2.05, 4.69) is 55.6 Å². The minimum atomic E-state index is -0.868. The van der Waals surface area contributed by atoms with Crippen molar-refractivity contribution in [3.63, 3.8) is 0 Å². The summed E-state index contributed by atoms with van der Waals surface area (Å²) in [5.74, 6) is -0.0890. The van der Waals surface area contributed by atoms with Crippen LogP contribution < -0.4 is 5.32 Å². The van der Waals surface area contributed by atoms with Crippen molar-refractivity contribution < 1.29 is 15.0 Å². The molecule has 0 aliphatic heterocycles. The zero-order valence-electron chi connectivity index (χ0n) is 32.0. The van der Waals surface area contributed by atoms with Crippen LogP contribution >= 0.6 is 0 Å². The Bertz CT molecular complexity index is 771. The molecule has 0 aromatic carbocycles. The van der Waals surface area contributed by atoms with Crippen LogP contribution in [0.4, 0.5) is 0 Å². The molecule has 48 heavy (non-hydrogen) atoms. The van der Waals surface area contributed by atoms with Crippen molar-refractivity contribution in [1.82, 2.24) is 5.32 Å². The topological polar surface area (TPSA) is 69.6 Å². The number of carbonyl (C=O) groups is 1. The lowest BCUT2D eigenvalue weighted by Crippen LogP contribution is -2.45. The largest absolute Gasteiger partial charge is 0.394 e. The van der Waals surface area contributed by atoms with Crippen LogP contribution in [-0.2, 0) is 4.79 Å². The van der Waals surface area contributed by atoms with E-state index in [9.17, 15) is 15.0 Å². The first-order valence-corrected chi connectivity index (χ1v) is 20.9. The molecule has 0 saturated heterocycles. The van der Waals surface area contributed by atoms with E-state index in [1.807, 2.05) is 6.08 Å². The normalized spacial score (nSPS) is 13.5. The van der Waals surface area contributed by atoms with Crippen LogP contribution in [0.15, 0.2) is 48.6 Å². The van der Waals surface area contributed by atoms with Gasteiger partial charge in [-0.1, -0.05) is 184 Å². The zero-order chi connectivity index (χ0) is 35.0. The molecule has 0 aliphatic rings. The summed E-state index contributed by atoms with van der Waals surface area (Å²) in [6.07, 6.45) is 53.5. The van der Waals surface area contributed by atoms with E-state index in [0.29, 0.717) is 6.42 Å². The van der Waals surface area contributed by atoms with Crippen molar-refractivity contribution in [2.45, 2.75) is 219 Å². The van der Waals surface area contributed by atoms with Gasteiger partial charge in [-0.2, -0.15) is 0 Å². The highest BCUT2D eigenvalue weighted by molar-refractivity contribution is 5.76. The van der Waals surface area contributed by atoms with Crippen LogP contribution in [0, 0.1) is 0 Å². The molecule has 2 atom stereocenters. The van der Waals surface area contributed by atoms with Crippen molar-refractivity contribution in [2.75, 3.05) is 6.61 Å². The van der Waals surface area contributed by atoms with Gasteiger partial charge in [-0.25, -0.2) is 0 Å². The number of aliphatic hydroxyl groups is 2. The van der Waals surface area contributed by atoms with E-state index in [4.69, 9.17) is 0 Å². The third-order valence-electron chi connectivity index (χ3n) is 9.28. The summed E-state index contributed by atoms with van der Waals surface area (Å²) in [7, 11) is 0. The van der Waals surface area contributed by atoms with Gasteiger partial charge in [0.15, 0.2) is 0 Å². The van der Waals surface area contributed by atoms with Crippen LogP contribution in [-0.4, -0.2) is 34.9 Å². The third kappa shape index (κ3) is 35.7. The number of nitrogens with one attached hydrogen (secondary N) is 1. The van der Waals surface area contributed by atoms with Crippen molar-refractivity contribution in [1.29, 1.82) is 0 Å². The molecule has 0 rings (SSSR count). The van der Waals surface area contributed by atoms with Crippen molar-refractivity contribution >= 4 is 5.91 Å². The number of amides is 1. The van der Waals surface area contributed by atoms with Gasteiger partial charge in [-0.15, -0.1) is 0 Å². The van der Waals surface area contributed by atoms with Crippen LogP contribution in [0.2, 0.25) is 0 Å². The van der Waals surface area contributed by atoms with Gasteiger partial charge < -0.3 is 15.5 Å². The molecule has 0 heterocycles. The number of aliphatic hydroxyl groups excluding tert-OH is 2. The predicted molar refractivity (Wildman–Crippen MR) is 211 cm³/mol. The first-order chi connectivity index (χ1) is 23.7. The van der Waals surface area contributed by atoms with E-state index < -0.39 is 12.1 Å². The molecule has 0 fully saturated rings. The molecule has 0 aromatic heterocycles. The molecule has 0 saturated carbocycles. The van der Waals surface area contributed by atoms with Crippen molar-refractivity contribution in [2.24, 2.45) is 0 Å². The minimum absolute atomic E-state index is 0.0890. The number of unbranched alkanes of at least 4 members (excludes halogenated alkanes) is 24. The minimum Gasteiger partial charge on any atom is -0.394 e. The molecular formula is C44H81NO3. The Morgan fingerprint density at radius 3 is 1.38 bits per heavy atom. The second kappa shape index (κ2) is 39.8. The van der Waals surface area contributed by atoms with E-state index in [-0.39, 0.29) is 12.5 Å². The molecule has 0 aromatic rings. The zero-order valence-corrected chi connectivity index (χ0v) is 32.0. The second-order valence-corrected chi connectivity index (χ2v) is 14.0. The fourth-order valence-corrected chi connectivity index (χ4v) is 6.05. The lowest BCUT2D eigenvalue weighted by atomic mass is 10.0. The fourth-order valence-electron chi connectivity index (χ4n) is 6.05. The molecule has 0 radical (unpaired) electrons. The van der Waals surface area contributed by atoms with Crippen LogP contribution in [0.1, 0.15) is 206 Å². The second-order valence-electron chi connectivity index (χ2n) is 14.0. The van der Waals surface area contributed by atoms with E-state index in [1.165, 1.54) is 135 Å². The lowest BCUT2D eigenvalue weighted by Gasteiger charge is -2.19. The van der Waals surface area contributed by atoms with Gasteiger partial charge in [-0.3, -0.25) is 4.79 Å². The molecule has 0 spiro atoms. The Hall–Kier alpha value is -1.65. The van der Waals surface area contributed by atoms with Gasteiger partial charge >= 0.3 is 0 Å². The number of allylic oxidation sites excluding steroid dienone is 7. The summed E-state index contributed by atoms with van der Waals surface area (Å²) < 4.78 is 0. The highest BCUT2D eigenvalue weighted by Gasteiger charge is 2.17. The Labute approximate surface area is 299 Å². The predicted octanol–water partition coefficient (Wildman–Crippen LogP) is 12.8. The van der Waals surface area contributed by atoms with Crippen molar-refractivity contribution in [3.8, 4) is 0 Å². The Morgan fingerprint density at radius 1 is 0.500 bits per heavy atom. The molecule has 3 N–H and O–H groups in total. The summed E-state index contributed by atoms with van der Waals surface area (Å²) in [6, 6.07) is -0.646. The van der Waals surface area contributed by atoms with E-state index in [1.54, 1.807) is 6.08 Å². The van der Waals surface area contributed by atoms with Crippen LogP contribution in [0.25, 0.3) is 0 Å². The van der Waals surface area contributed by atoms with Gasteiger partial charge in [0.25, 0.3) is 0 Å². The molecule has 1 amide bonds. The smallest absolute Gasteiger partial charge is 0.220 e. The standard InChI is InChI=1S/C44H81NO3/c1-3-5-7-9-11-13-15-17-19-20-21-22-23-24-26-27-29-31-33-35-37-39-43(47)42(41-46)45-44(48)40-38-36-34-32-30-28-25-18-16-14-12-10-8-6-4-2/h12,14,18,25,29,31,37,39,42-43,46-47H,3-11,13,15-17,19-24,26-28,30,32-36,38,40-41H2,1-2H3,(H,45,48)/b14-12-,25-18-,31-29+,39-37+. The maximum Gasteiger partial charge on any atom is 0.220 e. The first kappa shape index (κ1) is 46.4.